The van der Waals surface area contributed by atoms with Crippen molar-refractivity contribution in [1.82, 2.24) is 15.0 Å². The topological polar surface area (TPSA) is 81.8 Å². The lowest BCUT2D eigenvalue weighted by Crippen LogP contribution is -2.49. The fourth-order valence-corrected chi connectivity index (χ4v) is 2.12. The molecule has 1 aromatic rings. The minimum Gasteiger partial charge on any atom is -0.395 e. The molecule has 2 rings (SSSR count). The van der Waals surface area contributed by atoms with Gasteiger partial charge >= 0.3 is 0 Å². The van der Waals surface area contributed by atoms with Crippen molar-refractivity contribution < 1.29 is 14.4 Å². The lowest BCUT2D eigenvalue weighted by Gasteiger charge is -2.33. The van der Waals surface area contributed by atoms with Crippen molar-refractivity contribution in [3.63, 3.8) is 0 Å². The Balaban J connectivity index is 1.71. The Hall–Kier alpha value is -1.44. The van der Waals surface area contributed by atoms with Crippen LogP contribution in [0.3, 0.4) is 0 Å². The van der Waals surface area contributed by atoms with E-state index in [0.29, 0.717) is 24.7 Å². The van der Waals surface area contributed by atoms with Crippen molar-refractivity contribution >= 4 is 11.7 Å². The fourth-order valence-electron chi connectivity index (χ4n) is 2.12. The average molecular weight is 268 g/mol. The third-order valence-electron chi connectivity index (χ3n) is 3.14. The summed E-state index contributed by atoms with van der Waals surface area (Å²) >= 11 is 0. The van der Waals surface area contributed by atoms with E-state index < -0.39 is 0 Å². The number of anilines is 1. The second-order valence-corrected chi connectivity index (χ2v) is 4.71. The number of aromatic nitrogens is 1. The molecule has 2 N–H and O–H groups in total. The number of rotatable bonds is 5. The van der Waals surface area contributed by atoms with Crippen LogP contribution in [-0.2, 0) is 4.79 Å². The van der Waals surface area contributed by atoms with E-state index in [4.69, 9.17) is 9.63 Å². The number of nitrogens with one attached hydrogen (secondary N) is 1. The minimum absolute atomic E-state index is 0.0797. The third-order valence-corrected chi connectivity index (χ3v) is 3.14. The van der Waals surface area contributed by atoms with E-state index in [1.165, 1.54) is 0 Å². The predicted octanol–water partition coefficient (Wildman–Crippen LogP) is -0.469. The van der Waals surface area contributed by atoms with Gasteiger partial charge in [-0.15, -0.1) is 0 Å². The van der Waals surface area contributed by atoms with Crippen LogP contribution in [0.5, 0.6) is 0 Å². The Morgan fingerprint density at radius 2 is 2.11 bits per heavy atom. The van der Waals surface area contributed by atoms with Crippen molar-refractivity contribution in [2.24, 2.45) is 0 Å². The monoisotopic (exact) mass is 268 g/mol. The maximum Gasteiger partial charge on any atom is 0.239 e. The van der Waals surface area contributed by atoms with Crippen LogP contribution in [0.15, 0.2) is 10.6 Å². The van der Waals surface area contributed by atoms with Crippen LogP contribution in [0.1, 0.15) is 5.76 Å². The number of carbonyl (C=O) groups excluding carboxylic acids is 1. The van der Waals surface area contributed by atoms with E-state index >= 15 is 0 Å². The molecule has 1 fully saturated rings. The number of piperazine rings is 1. The third kappa shape index (κ3) is 4.30. The molecule has 0 spiro atoms. The van der Waals surface area contributed by atoms with E-state index in [2.05, 4.69) is 20.3 Å². The van der Waals surface area contributed by atoms with Crippen LogP contribution in [0.4, 0.5) is 5.82 Å². The highest BCUT2D eigenvalue weighted by atomic mass is 16.5. The average Bonchev–Trinajstić information content (AvgIpc) is 2.77. The van der Waals surface area contributed by atoms with E-state index in [1.807, 2.05) is 0 Å². The molecule has 0 aliphatic carbocycles. The molecule has 19 heavy (non-hydrogen) atoms. The van der Waals surface area contributed by atoms with Crippen molar-refractivity contribution in [1.29, 1.82) is 0 Å². The van der Waals surface area contributed by atoms with Gasteiger partial charge in [-0.05, 0) is 6.92 Å². The highest BCUT2D eigenvalue weighted by Crippen LogP contribution is 2.07. The van der Waals surface area contributed by atoms with Crippen molar-refractivity contribution in [2.45, 2.75) is 6.92 Å². The molecule has 1 amide bonds. The summed E-state index contributed by atoms with van der Waals surface area (Å²) in [5.74, 6) is 1.05. The lowest BCUT2D eigenvalue weighted by atomic mass is 10.3. The number of aliphatic hydroxyl groups excluding tert-OH is 1. The van der Waals surface area contributed by atoms with Crippen molar-refractivity contribution in [3.8, 4) is 0 Å². The van der Waals surface area contributed by atoms with Crippen LogP contribution in [0.25, 0.3) is 0 Å². The quantitative estimate of drug-likeness (QED) is 0.751. The van der Waals surface area contributed by atoms with Gasteiger partial charge in [0.25, 0.3) is 0 Å². The van der Waals surface area contributed by atoms with Crippen LogP contribution in [0.2, 0.25) is 0 Å². The van der Waals surface area contributed by atoms with Crippen LogP contribution in [0, 0.1) is 6.92 Å². The lowest BCUT2D eigenvalue weighted by molar-refractivity contribution is -0.117. The van der Waals surface area contributed by atoms with E-state index in [-0.39, 0.29) is 12.5 Å². The van der Waals surface area contributed by atoms with Gasteiger partial charge in [-0.2, -0.15) is 0 Å². The molecule has 7 nitrogen and oxygen atoms in total. The molecule has 0 radical (unpaired) electrons. The van der Waals surface area contributed by atoms with Crippen molar-refractivity contribution in [3.05, 3.63) is 11.8 Å². The Morgan fingerprint density at radius 3 is 2.68 bits per heavy atom. The van der Waals surface area contributed by atoms with E-state index in [9.17, 15) is 4.79 Å². The molecule has 0 unspecified atom stereocenters. The number of β-amino-alcohol motifs (C(OH)–C–C–N with tert-alkyl or cyclic N) is 1. The summed E-state index contributed by atoms with van der Waals surface area (Å²) in [5, 5.41) is 15.3. The molecule has 1 aliphatic heterocycles. The van der Waals surface area contributed by atoms with Crippen molar-refractivity contribution in [2.75, 3.05) is 51.2 Å². The molecular weight excluding hydrogens is 248 g/mol. The fraction of sp³-hybridized carbons (Fsp3) is 0.667. The molecular formula is C12H20N4O3. The molecule has 0 bridgehead atoms. The van der Waals surface area contributed by atoms with Gasteiger partial charge in [0.15, 0.2) is 5.82 Å². The van der Waals surface area contributed by atoms with Gasteiger partial charge in [0.1, 0.15) is 5.76 Å². The largest absolute Gasteiger partial charge is 0.395 e. The summed E-state index contributed by atoms with van der Waals surface area (Å²) < 4.78 is 4.89. The first kappa shape index (κ1) is 14.0. The predicted molar refractivity (Wildman–Crippen MR) is 69.8 cm³/mol. The maximum absolute atomic E-state index is 11.8. The highest BCUT2D eigenvalue weighted by Gasteiger charge is 2.18. The Labute approximate surface area is 112 Å². The van der Waals surface area contributed by atoms with Gasteiger partial charge in [-0.3, -0.25) is 14.6 Å². The second-order valence-electron chi connectivity index (χ2n) is 4.71. The number of carbonyl (C=O) groups is 1. The number of aryl methyl sites for hydroxylation is 1. The van der Waals surface area contributed by atoms with Gasteiger partial charge in [-0.25, -0.2) is 0 Å². The van der Waals surface area contributed by atoms with Crippen LogP contribution < -0.4 is 5.32 Å². The summed E-state index contributed by atoms with van der Waals surface area (Å²) in [6, 6.07) is 1.69. The summed E-state index contributed by atoms with van der Waals surface area (Å²) in [6.07, 6.45) is 0. The molecule has 1 aliphatic rings. The first-order valence-corrected chi connectivity index (χ1v) is 6.46. The molecule has 106 valence electrons. The zero-order chi connectivity index (χ0) is 13.7. The summed E-state index contributed by atoms with van der Waals surface area (Å²) in [4.78, 5) is 16.1. The first-order valence-electron chi connectivity index (χ1n) is 6.46. The van der Waals surface area contributed by atoms with Gasteiger partial charge in [-0.1, -0.05) is 5.16 Å². The standard InChI is InChI=1S/C12H20N4O3/c1-10-8-11(14-19-10)13-12(18)9-16-4-2-15(3-5-16)6-7-17/h8,17H,2-7,9H2,1H3,(H,13,14,18). The van der Waals surface area contributed by atoms with E-state index in [0.717, 1.165) is 26.2 Å². The number of aliphatic hydroxyl groups is 1. The zero-order valence-corrected chi connectivity index (χ0v) is 11.1. The normalized spacial score (nSPS) is 17.6. The molecule has 7 heteroatoms. The molecule has 1 aromatic heterocycles. The van der Waals surface area contributed by atoms with Gasteiger partial charge in [0.05, 0.1) is 13.2 Å². The molecule has 0 saturated carbocycles. The van der Waals surface area contributed by atoms with E-state index in [1.54, 1.807) is 13.0 Å². The van der Waals surface area contributed by atoms with Gasteiger partial charge in [0, 0.05) is 38.8 Å². The Morgan fingerprint density at radius 1 is 1.42 bits per heavy atom. The van der Waals surface area contributed by atoms with Crippen LogP contribution >= 0.6 is 0 Å². The smallest absolute Gasteiger partial charge is 0.239 e. The Bertz CT molecular complexity index is 413. The summed E-state index contributed by atoms with van der Waals surface area (Å²) in [5.41, 5.74) is 0. The summed E-state index contributed by atoms with van der Waals surface area (Å²) in [6.45, 7) is 6.48. The highest BCUT2D eigenvalue weighted by molar-refractivity contribution is 5.91. The second kappa shape index (κ2) is 6.65. The first-order chi connectivity index (χ1) is 9.17. The van der Waals surface area contributed by atoms with Crippen LogP contribution in [-0.4, -0.2) is 71.8 Å². The number of amides is 1. The number of nitrogens with zero attached hydrogens (tertiary/aromatic N) is 3. The maximum atomic E-state index is 11.8. The number of hydrogen-bond donors (Lipinski definition) is 2. The molecule has 0 aromatic carbocycles. The minimum atomic E-state index is -0.0797. The molecule has 0 atom stereocenters. The Kier molecular flexibility index (Phi) is 4.89. The van der Waals surface area contributed by atoms with Gasteiger partial charge in [0.2, 0.25) is 5.91 Å². The van der Waals surface area contributed by atoms with Gasteiger partial charge < -0.3 is 14.9 Å². The molecule has 2 heterocycles. The molecule has 1 saturated heterocycles. The zero-order valence-electron chi connectivity index (χ0n) is 11.1. The SMILES string of the molecule is Cc1cc(NC(=O)CN2CCN(CCO)CC2)no1. The number of hydrogen-bond acceptors (Lipinski definition) is 6. The summed E-state index contributed by atoms with van der Waals surface area (Å²) in [7, 11) is 0.